The number of rotatable bonds is 9. The number of hydrogen-bond acceptors (Lipinski definition) is 8. The highest BCUT2D eigenvalue weighted by Crippen LogP contribution is 2.33. The van der Waals surface area contributed by atoms with E-state index in [2.05, 4.69) is 5.32 Å². The van der Waals surface area contributed by atoms with Gasteiger partial charge in [0.25, 0.3) is 11.5 Å². The summed E-state index contributed by atoms with van der Waals surface area (Å²) in [5.74, 6) is 0.868. The Kier molecular flexibility index (Phi) is 7.26. The Morgan fingerprint density at radius 1 is 1.30 bits per heavy atom. The number of thiocarbonyl (C=S) groups is 1. The molecule has 8 nitrogen and oxygen atoms in total. The van der Waals surface area contributed by atoms with Crippen molar-refractivity contribution >= 4 is 51.7 Å². The lowest BCUT2D eigenvalue weighted by atomic mass is 10.2. The van der Waals surface area contributed by atoms with Gasteiger partial charge in [-0.1, -0.05) is 30.0 Å². The first-order chi connectivity index (χ1) is 16.0. The first kappa shape index (κ1) is 23.2. The normalized spacial score (nSPS) is 15.2. The van der Waals surface area contributed by atoms with E-state index in [-0.39, 0.29) is 11.5 Å². The summed E-state index contributed by atoms with van der Waals surface area (Å²) in [6, 6.07) is 7.31. The molecule has 0 radical (unpaired) electrons. The van der Waals surface area contributed by atoms with Crippen molar-refractivity contribution in [2.24, 2.45) is 0 Å². The largest absolute Gasteiger partial charge is 0.467 e. The number of furan rings is 1. The van der Waals surface area contributed by atoms with Crippen molar-refractivity contribution in [1.82, 2.24) is 14.3 Å². The molecule has 10 heteroatoms. The van der Waals surface area contributed by atoms with Gasteiger partial charge in [-0.25, -0.2) is 4.98 Å². The number of amides is 1. The van der Waals surface area contributed by atoms with Crippen LogP contribution in [0.2, 0.25) is 0 Å². The summed E-state index contributed by atoms with van der Waals surface area (Å²) in [6.45, 7) is 5.83. The van der Waals surface area contributed by atoms with Gasteiger partial charge < -0.3 is 14.5 Å². The molecule has 172 valence electrons. The Morgan fingerprint density at radius 2 is 2.15 bits per heavy atom. The zero-order valence-electron chi connectivity index (χ0n) is 18.4. The van der Waals surface area contributed by atoms with Crippen molar-refractivity contribution in [3.05, 3.63) is 68.9 Å². The standard InChI is InChI=1S/C23H24N4O4S2/c1-3-30-11-6-10-27-22(29)18(33-23(27)32)13-17-19(24-14-16-8-5-12-31-16)25-20-15(2)7-4-9-26(20)21(17)28/h4-5,7-9,12-13,24H,3,6,10-11,14H2,1-2H3. The average Bonchev–Trinajstić information content (AvgIpc) is 3.41. The Morgan fingerprint density at radius 3 is 2.91 bits per heavy atom. The predicted molar refractivity (Wildman–Crippen MR) is 133 cm³/mol. The fourth-order valence-corrected chi connectivity index (χ4v) is 4.74. The first-order valence-corrected chi connectivity index (χ1v) is 11.8. The number of carbonyl (C=O) groups excluding carboxylic acids is 1. The maximum absolute atomic E-state index is 13.4. The highest BCUT2D eigenvalue weighted by molar-refractivity contribution is 8.26. The third-order valence-corrected chi connectivity index (χ3v) is 6.50. The van der Waals surface area contributed by atoms with Crippen LogP contribution in [0, 0.1) is 6.92 Å². The maximum atomic E-state index is 13.4. The zero-order chi connectivity index (χ0) is 23.4. The number of aromatic nitrogens is 2. The third-order valence-electron chi connectivity index (χ3n) is 5.12. The van der Waals surface area contributed by atoms with Crippen molar-refractivity contribution in [3.8, 4) is 0 Å². The monoisotopic (exact) mass is 484 g/mol. The molecule has 0 unspecified atom stereocenters. The van der Waals surface area contributed by atoms with Gasteiger partial charge >= 0.3 is 0 Å². The van der Waals surface area contributed by atoms with Crippen LogP contribution < -0.4 is 10.9 Å². The number of aryl methyl sites for hydroxylation is 1. The molecule has 4 rings (SSSR count). The van der Waals surface area contributed by atoms with Gasteiger partial charge in [0.15, 0.2) is 0 Å². The number of anilines is 1. The van der Waals surface area contributed by atoms with Crippen molar-refractivity contribution in [2.45, 2.75) is 26.8 Å². The van der Waals surface area contributed by atoms with Crippen LogP contribution in [0.5, 0.6) is 0 Å². The number of hydrogen-bond donors (Lipinski definition) is 1. The molecular weight excluding hydrogens is 460 g/mol. The van der Waals surface area contributed by atoms with Crippen molar-refractivity contribution < 1.29 is 13.9 Å². The van der Waals surface area contributed by atoms with E-state index in [4.69, 9.17) is 26.4 Å². The lowest BCUT2D eigenvalue weighted by molar-refractivity contribution is -0.122. The van der Waals surface area contributed by atoms with Gasteiger partial charge in [0, 0.05) is 26.0 Å². The van der Waals surface area contributed by atoms with E-state index < -0.39 is 0 Å². The molecule has 1 fully saturated rings. The average molecular weight is 485 g/mol. The van der Waals surface area contributed by atoms with Crippen LogP contribution >= 0.6 is 24.0 Å². The molecule has 0 bridgehead atoms. The second-order valence-corrected chi connectivity index (χ2v) is 9.06. The van der Waals surface area contributed by atoms with Crippen molar-refractivity contribution in [1.29, 1.82) is 0 Å². The molecule has 1 saturated heterocycles. The van der Waals surface area contributed by atoms with E-state index in [1.54, 1.807) is 35.6 Å². The maximum Gasteiger partial charge on any atom is 0.267 e. The molecule has 0 aliphatic carbocycles. The number of pyridine rings is 1. The fourth-order valence-electron chi connectivity index (χ4n) is 3.45. The molecule has 0 aromatic carbocycles. The van der Waals surface area contributed by atoms with Crippen LogP contribution in [-0.4, -0.2) is 44.3 Å². The van der Waals surface area contributed by atoms with Crippen molar-refractivity contribution in [3.63, 3.8) is 0 Å². The van der Waals surface area contributed by atoms with Gasteiger partial charge in [0.1, 0.15) is 21.5 Å². The van der Waals surface area contributed by atoms with Crippen LogP contribution in [0.1, 0.15) is 30.2 Å². The van der Waals surface area contributed by atoms with Gasteiger partial charge in [-0.05, 0) is 50.1 Å². The second kappa shape index (κ2) is 10.3. The topological polar surface area (TPSA) is 89.1 Å². The summed E-state index contributed by atoms with van der Waals surface area (Å²) in [4.78, 5) is 33.0. The van der Waals surface area contributed by atoms with Gasteiger partial charge in [-0.3, -0.25) is 18.9 Å². The lowest BCUT2D eigenvalue weighted by Crippen LogP contribution is -2.29. The fraction of sp³-hybridized carbons (Fsp3) is 0.304. The molecule has 4 heterocycles. The van der Waals surface area contributed by atoms with Crippen molar-refractivity contribution in [2.75, 3.05) is 25.1 Å². The summed E-state index contributed by atoms with van der Waals surface area (Å²) < 4.78 is 12.7. The van der Waals surface area contributed by atoms with Crippen LogP contribution in [0.15, 0.2) is 50.8 Å². The van der Waals surface area contributed by atoms with E-state index in [1.165, 1.54) is 16.2 Å². The quantitative estimate of drug-likeness (QED) is 0.278. The summed E-state index contributed by atoms with van der Waals surface area (Å²) >= 11 is 6.60. The molecule has 3 aromatic rings. The number of ether oxygens (including phenoxy) is 1. The summed E-state index contributed by atoms with van der Waals surface area (Å²) in [5.41, 5.74) is 1.43. The minimum absolute atomic E-state index is 0.216. The van der Waals surface area contributed by atoms with Crippen LogP contribution in [0.3, 0.4) is 0 Å². The van der Waals surface area contributed by atoms with E-state index in [1.807, 2.05) is 26.0 Å². The Labute approximate surface area is 200 Å². The van der Waals surface area contributed by atoms with Gasteiger partial charge in [0.05, 0.1) is 23.3 Å². The minimum atomic E-state index is -0.271. The summed E-state index contributed by atoms with van der Waals surface area (Å²) in [6.07, 6.45) is 5.52. The molecule has 0 atom stereocenters. The lowest BCUT2D eigenvalue weighted by Gasteiger charge is -2.14. The minimum Gasteiger partial charge on any atom is -0.467 e. The number of nitrogens with one attached hydrogen (secondary N) is 1. The van der Waals surface area contributed by atoms with Crippen LogP contribution in [-0.2, 0) is 16.1 Å². The predicted octanol–water partition coefficient (Wildman–Crippen LogP) is 3.84. The molecule has 33 heavy (non-hydrogen) atoms. The van der Waals surface area contributed by atoms with Gasteiger partial charge in [0.2, 0.25) is 0 Å². The zero-order valence-corrected chi connectivity index (χ0v) is 20.0. The molecular formula is C23H24N4O4S2. The number of nitrogens with zero attached hydrogens (tertiary/aromatic N) is 3. The molecule has 1 amide bonds. The van der Waals surface area contributed by atoms with E-state index in [0.717, 1.165) is 5.56 Å². The van der Waals surface area contributed by atoms with Crippen LogP contribution in [0.25, 0.3) is 11.7 Å². The third kappa shape index (κ3) is 5.02. The molecule has 0 saturated carbocycles. The molecule has 3 aromatic heterocycles. The van der Waals surface area contributed by atoms with E-state index >= 15 is 0 Å². The summed E-state index contributed by atoms with van der Waals surface area (Å²) in [5, 5.41) is 3.19. The molecule has 1 N–H and O–H groups in total. The highest BCUT2D eigenvalue weighted by atomic mass is 32.2. The Balaban J connectivity index is 1.69. The molecule has 1 aliphatic heterocycles. The van der Waals surface area contributed by atoms with Gasteiger partial charge in [-0.15, -0.1) is 0 Å². The molecule has 1 aliphatic rings. The number of carbonyl (C=O) groups is 1. The molecule has 0 spiro atoms. The summed E-state index contributed by atoms with van der Waals surface area (Å²) in [7, 11) is 0. The number of fused-ring (bicyclic) bond motifs is 1. The van der Waals surface area contributed by atoms with E-state index in [0.29, 0.717) is 64.7 Å². The second-order valence-electron chi connectivity index (χ2n) is 7.38. The van der Waals surface area contributed by atoms with Gasteiger partial charge in [-0.2, -0.15) is 0 Å². The number of thioether (sulfide) groups is 1. The van der Waals surface area contributed by atoms with E-state index in [9.17, 15) is 9.59 Å². The smallest absolute Gasteiger partial charge is 0.267 e. The van der Waals surface area contributed by atoms with Crippen LogP contribution in [0.4, 0.5) is 5.82 Å². The highest BCUT2D eigenvalue weighted by Gasteiger charge is 2.32. The SMILES string of the molecule is CCOCCCN1C(=O)C(=Cc2c(NCc3ccco3)nc3c(C)cccn3c2=O)SC1=S. The first-order valence-electron chi connectivity index (χ1n) is 10.6. The Hall–Kier alpha value is -2.95. The Bertz CT molecular complexity index is 1270.